The third-order valence-corrected chi connectivity index (χ3v) is 3.79. The second-order valence-corrected chi connectivity index (χ2v) is 5.83. The van der Waals surface area contributed by atoms with Crippen LogP contribution < -0.4 is 4.74 Å². The topological polar surface area (TPSA) is 52.1 Å². The number of halogens is 3. The highest BCUT2D eigenvalue weighted by molar-refractivity contribution is 5.91. The minimum Gasteiger partial charge on any atom is -0.423 e. The number of rotatable bonds is 5. The van der Waals surface area contributed by atoms with Gasteiger partial charge in [0, 0.05) is 30.1 Å². The molecule has 0 saturated carbocycles. The van der Waals surface area contributed by atoms with Gasteiger partial charge in [0.05, 0.1) is 5.56 Å². The predicted octanol–water partition coefficient (Wildman–Crippen LogP) is 4.73. The number of nitrogens with zero attached hydrogens (tertiary/aromatic N) is 2. The maximum atomic E-state index is 13.2. The van der Waals surface area contributed by atoms with Gasteiger partial charge in [-0.2, -0.15) is 0 Å². The summed E-state index contributed by atoms with van der Waals surface area (Å²) in [5.74, 6) is -5.23. The van der Waals surface area contributed by atoms with Crippen molar-refractivity contribution in [1.82, 2.24) is 9.97 Å². The molecule has 0 bridgehead atoms. The lowest BCUT2D eigenvalue weighted by Crippen LogP contribution is -2.09. The van der Waals surface area contributed by atoms with Gasteiger partial charge in [0.15, 0.2) is 23.3 Å². The van der Waals surface area contributed by atoms with E-state index in [9.17, 15) is 18.0 Å². The van der Waals surface area contributed by atoms with E-state index < -0.39 is 29.2 Å². The molecule has 0 aliphatic heterocycles. The van der Waals surface area contributed by atoms with Gasteiger partial charge in [-0.15, -0.1) is 0 Å². The number of benzene rings is 2. The van der Waals surface area contributed by atoms with E-state index in [2.05, 4.69) is 16.9 Å². The van der Waals surface area contributed by atoms with E-state index in [1.165, 1.54) is 12.1 Å². The Morgan fingerprint density at radius 1 is 1.00 bits per heavy atom. The molecule has 7 heteroatoms. The highest BCUT2D eigenvalue weighted by Crippen LogP contribution is 2.21. The largest absolute Gasteiger partial charge is 0.423 e. The molecule has 138 valence electrons. The molecule has 4 nitrogen and oxygen atoms in total. The Bertz CT molecular complexity index is 935. The van der Waals surface area contributed by atoms with Crippen LogP contribution in [0.1, 0.15) is 29.3 Å². The van der Waals surface area contributed by atoms with E-state index in [1.54, 1.807) is 24.5 Å². The number of esters is 1. The molecule has 0 aliphatic carbocycles. The van der Waals surface area contributed by atoms with Crippen molar-refractivity contribution in [1.29, 1.82) is 0 Å². The number of carbonyl (C=O) groups is 1. The van der Waals surface area contributed by atoms with Crippen molar-refractivity contribution in [3.63, 3.8) is 0 Å². The van der Waals surface area contributed by atoms with E-state index in [1.807, 2.05) is 0 Å². The summed E-state index contributed by atoms with van der Waals surface area (Å²) < 4.78 is 44.2. The summed E-state index contributed by atoms with van der Waals surface area (Å²) in [6.45, 7) is 2.07. The summed E-state index contributed by atoms with van der Waals surface area (Å²) in [6, 6.07) is 7.45. The normalized spacial score (nSPS) is 10.7. The minimum absolute atomic E-state index is 0.159. The molecule has 3 rings (SSSR count). The molecule has 0 spiro atoms. The Morgan fingerprint density at radius 3 is 2.15 bits per heavy atom. The van der Waals surface area contributed by atoms with Crippen LogP contribution in [0.2, 0.25) is 0 Å². The molecule has 0 saturated heterocycles. The SMILES string of the molecule is CCCc1cnc(-c2ccc(C(=O)Oc3cc(F)c(F)c(F)c3)cc2)nc1. The van der Waals surface area contributed by atoms with E-state index >= 15 is 0 Å². The first-order chi connectivity index (χ1) is 13.0. The Kier molecular flexibility index (Phi) is 5.49. The molecule has 0 atom stereocenters. The van der Waals surface area contributed by atoms with Gasteiger partial charge in [0.25, 0.3) is 0 Å². The van der Waals surface area contributed by atoms with Gasteiger partial charge in [-0.3, -0.25) is 0 Å². The molecule has 2 aromatic carbocycles. The standard InChI is InChI=1S/C20H15F3N2O2/c1-2-3-12-10-24-19(25-11-12)13-4-6-14(7-5-13)20(26)27-15-8-16(21)18(23)17(22)9-15/h4-11H,2-3H2,1H3. The lowest BCUT2D eigenvalue weighted by Gasteiger charge is -2.06. The van der Waals surface area contributed by atoms with Crippen molar-refractivity contribution in [2.24, 2.45) is 0 Å². The third kappa shape index (κ3) is 4.31. The number of carbonyl (C=O) groups excluding carboxylic acids is 1. The summed E-state index contributed by atoms with van der Waals surface area (Å²) in [7, 11) is 0. The first kappa shape index (κ1) is 18.6. The number of hydrogen-bond acceptors (Lipinski definition) is 4. The van der Waals surface area contributed by atoms with Gasteiger partial charge < -0.3 is 4.74 Å². The fourth-order valence-electron chi connectivity index (χ4n) is 2.43. The summed E-state index contributed by atoms with van der Waals surface area (Å²) >= 11 is 0. The van der Waals surface area contributed by atoms with Crippen molar-refractivity contribution in [2.75, 3.05) is 0 Å². The smallest absolute Gasteiger partial charge is 0.343 e. The second kappa shape index (κ2) is 7.99. The van der Waals surface area contributed by atoms with Crippen LogP contribution in [0, 0.1) is 17.5 Å². The van der Waals surface area contributed by atoms with Crippen molar-refractivity contribution >= 4 is 5.97 Å². The quantitative estimate of drug-likeness (QED) is 0.369. The Balaban J connectivity index is 1.73. The van der Waals surface area contributed by atoms with Crippen molar-refractivity contribution in [3.8, 4) is 17.1 Å². The third-order valence-electron chi connectivity index (χ3n) is 3.79. The van der Waals surface area contributed by atoms with Crippen LogP contribution in [0.15, 0.2) is 48.8 Å². The fourth-order valence-corrected chi connectivity index (χ4v) is 2.43. The molecule has 0 radical (unpaired) electrons. The van der Waals surface area contributed by atoms with Crippen molar-refractivity contribution in [2.45, 2.75) is 19.8 Å². The van der Waals surface area contributed by atoms with Crippen LogP contribution in [-0.2, 0) is 6.42 Å². The molecular formula is C20H15F3N2O2. The molecule has 1 aromatic heterocycles. The molecular weight excluding hydrogens is 357 g/mol. The van der Waals surface area contributed by atoms with Gasteiger partial charge in [-0.1, -0.05) is 25.5 Å². The Morgan fingerprint density at radius 2 is 1.59 bits per heavy atom. The van der Waals surface area contributed by atoms with Gasteiger partial charge in [0.1, 0.15) is 5.75 Å². The highest BCUT2D eigenvalue weighted by Gasteiger charge is 2.15. The lowest BCUT2D eigenvalue weighted by molar-refractivity contribution is 0.0733. The average molecular weight is 372 g/mol. The van der Waals surface area contributed by atoms with Crippen LogP contribution >= 0.6 is 0 Å². The molecule has 1 heterocycles. The van der Waals surface area contributed by atoms with Crippen LogP contribution in [0.25, 0.3) is 11.4 Å². The van der Waals surface area contributed by atoms with Gasteiger partial charge in [0.2, 0.25) is 0 Å². The van der Waals surface area contributed by atoms with Crippen LogP contribution in [-0.4, -0.2) is 15.9 Å². The second-order valence-electron chi connectivity index (χ2n) is 5.83. The first-order valence-electron chi connectivity index (χ1n) is 8.26. The Labute approximate surface area is 153 Å². The summed E-state index contributed by atoms with van der Waals surface area (Å²) in [6.07, 6.45) is 5.41. The highest BCUT2D eigenvalue weighted by atomic mass is 19.2. The number of hydrogen-bond donors (Lipinski definition) is 0. The van der Waals surface area contributed by atoms with E-state index in [-0.39, 0.29) is 5.56 Å². The molecule has 0 amide bonds. The molecule has 3 aromatic rings. The monoisotopic (exact) mass is 372 g/mol. The Hall–Kier alpha value is -3.22. The molecule has 0 unspecified atom stereocenters. The van der Waals surface area contributed by atoms with E-state index in [4.69, 9.17) is 4.74 Å². The molecule has 0 aliphatic rings. The summed E-state index contributed by atoms with van der Waals surface area (Å²) in [4.78, 5) is 20.7. The summed E-state index contributed by atoms with van der Waals surface area (Å²) in [5.41, 5.74) is 1.90. The van der Waals surface area contributed by atoms with Gasteiger partial charge in [-0.25, -0.2) is 27.9 Å². The fraction of sp³-hybridized carbons (Fsp3) is 0.150. The van der Waals surface area contributed by atoms with Gasteiger partial charge >= 0.3 is 5.97 Å². The maximum absolute atomic E-state index is 13.2. The zero-order valence-corrected chi connectivity index (χ0v) is 14.4. The number of ether oxygens (including phenoxy) is 1. The van der Waals surface area contributed by atoms with Crippen LogP contribution in [0.5, 0.6) is 5.75 Å². The minimum atomic E-state index is -1.62. The molecule has 27 heavy (non-hydrogen) atoms. The van der Waals surface area contributed by atoms with Crippen molar-refractivity contribution < 1.29 is 22.7 Å². The maximum Gasteiger partial charge on any atom is 0.343 e. The summed E-state index contributed by atoms with van der Waals surface area (Å²) in [5, 5.41) is 0. The zero-order chi connectivity index (χ0) is 19.4. The number of aryl methyl sites for hydroxylation is 1. The molecule has 0 fully saturated rings. The van der Waals surface area contributed by atoms with Crippen molar-refractivity contribution in [3.05, 3.63) is 77.4 Å². The first-order valence-corrected chi connectivity index (χ1v) is 8.26. The number of aromatic nitrogens is 2. The van der Waals surface area contributed by atoms with Gasteiger partial charge in [-0.05, 0) is 24.1 Å². The zero-order valence-electron chi connectivity index (χ0n) is 14.4. The molecule has 0 N–H and O–H groups in total. The van der Waals surface area contributed by atoms with Crippen LogP contribution in [0.3, 0.4) is 0 Å². The average Bonchev–Trinajstić information content (AvgIpc) is 2.67. The predicted molar refractivity (Wildman–Crippen MR) is 92.7 cm³/mol. The van der Waals surface area contributed by atoms with Crippen LogP contribution in [0.4, 0.5) is 13.2 Å². The van der Waals surface area contributed by atoms with E-state index in [0.29, 0.717) is 23.5 Å². The lowest BCUT2D eigenvalue weighted by atomic mass is 10.1. The van der Waals surface area contributed by atoms with E-state index in [0.717, 1.165) is 18.4 Å².